The van der Waals surface area contributed by atoms with Gasteiger partial charge in [0.2, 0.25) is 5.91 Å². The van der Waals surface area contributed by atoms with E-state index in [1.54, 1.807) is 13.0 Å². The number of carbonyl (C=O) groups excluding carboxylic acids is 2. The number of rotatable bonds is 4. The van der Waals surface area contributed by atoms with E-state index in [4.69, 9.17) is 4.52 Å². The minimum absolute atomic E-state index is 0.0423. The zero-order valence-electron chi connectivity index (χ0n) is 13.9. The van der Waals surface area contributed by atoms with E-state index in [1.807, 2.05) is 34.1 Å². The molecule has 1 fully saturated rings. The van der Waals surface area contributed by atoms with Crippen molar-refractivity contribution in [3.05, 3.63) is 45.2 Å². The van der Waals surface area contributed by atoms with Gasteiger partial charge in [-0.15, -0.1) is 0 Å². The van der Waals surface area contributed by atoms with Gasteiger partial charge < -0.3 is 14.7 Å². The third kappa shape index (κ3) is 4.79. The molecular weight excluding hydrogens is 435 g/mol. The Balaban J connectivity index is 1.48. The molecule has 1 aromatic heterocycles. The SMILES string of the molecule is Cc1cc(NC(=O)CN2CCN(C(=O)c3cccc(I)c3)CC2)no1. The van der Waals surface area contributed by atoms with Crippen molar-refractivity contribution in [3.8, 4) is 0 Å². The molecule has 0 bridgehead atoms. The van der Waals surface area contributed by atoms with E-state index >= 15 is 0 Å². The van der Waals surface area contributed by atoms with E-state index in [2.05, 4.69) is 33.1 Å². The monoisotopic (exact) mass is 454 g/mol. The molecule has 1 aliphatic rings. The van der Waals surface area contributed by atoms with Crippen LogP contribution in [0.2, 0.25) is 0 Å². The molecule has 0 spiro atoms. The van der Waals surface area contributed by atoms with Crippen LogP contribution >= 0.6 is 22.6 Å². The second-order valence-electron chi connectivity index (χ2n) is 5.95. The summed E-state index contributed by atoms with van der Waals surface area (Å²) in [6.45, 7) is 4.60. The van der Waals surface area contributed by atoms with E-state index in [0.717, 1.165) is 3.57 Å². The fraction of sp³-hybridized carbons (Fsp3) is 0.353. The number of aromatic nitrogens is 1. The summed E-state index contributed by atoms with van der Waals surface area (Å²) < 4.78 is 5.97. The standard InChI is InChI=1S/C17H19IN4O3/c1-12-9-15(20-25-12)19-16(23)11-21-5-7-22(8-6-21)17(24)13-3-2-4-14(18)10-13/h2-4,9-10H,5-8,11H2,1H3,(H,19,20,23). The minimum Gasteiger partial charge on any atom is -0.360 e. The molecule has 0 atom stereocenters. The van der Waals surface area contributed by atoms with Crippen molar-refractivity contribution in [1.29, 1.82) is 0 Å². The normalized spacial score (nSPS) is 15.2. The van der Waals surface area contributed by atoms with Crippen LogP contribution in [0.5, 0.6) is 0 Å². The summed E-state index contributed by atoms with van der Waals surface area (Å²) in [5.74, 6) is 0.986. The topological polar surface area (TPSA) is 78.7 Å². The fourth-order valence-corrected chi connectivity index (χ4v) is 3.27. The highest BCUT2D eigenvalue weighted by atomic mass is 127. The highest BCUT2D eigenvalue weighted by molar-refractivity contribution is 14.1. The highest BCUT2D eigenvalue weighted by Gasteiger charge is 2.23. The average molecular weight is 454 g/mol. The first-order valence-corrected chi connectivity index (χ1v) is 9.09. The Morgan fingerprint density at radius 1 is 1.24 bits per heavy atom. The number of benzene rings is 1. The van der Waals surface area contributed by atoms with Gasteiger partial charge in [-0.1, -0.05) is 11.2 Å². The van der Waals surface area contributed by atoms with Crippen LogP contribution in [0.1, 0.15) is 16.1 Å². The molecule has 1 aromatic carbocycles. The van der Waals surface area contributed by atoms with Gasteiger partial charge in [0.1, 0.15) is 5.76 Å². The predicted octanol–water partition coefficient (Wildman–Crippen LogP) is 1.98. The number of piperazine rings is 1. The Hall–Kier alpha value is -1.94. The third-order valence-electron chi connectivity index (χ3n) is 3.99. The van der Waals surface area contributed by atoms with Crippen LogP contribution in [-0.2, 0) is 4.79 Å². The Morgan fingerprint density at radius 3 is 2.64 bits per heavy atom. The maximum atomic E-state index is 12.5. The molecule has 2 amide bonds. The maximum Gasteiger partial charge on any atom is 0.253 e. The lowest BCUT2D eigenvalue weighted by Crippen LogP contribution is -2.50. The van der Waals surface area contributed by atoms with Gasteiger partial charge in [-0.05, 0) is 47.7 Å². The molecule has 2 heterocycles. The molecule has 2 aromatic rings. The first-order valence-electron chi connectivity index (χ1n) is 8.01. The van der Waals surface area contributed by atoms with Crippen LogP contribution in [0, 0.1) is 10.5 Å². The number of amides is 2. The summed E-state index contributed by atoms with van der Waals surface area (Å²) in [7, 11) is 0. The van der Waals surface area contributed by atoms with Crippen molar-refractivity contribution < 1.29 is 14.1 Å². The van der Waals surface area contributed by atoms with Crippen LogP contribution in [0.3, 0.4) is 0 Å². The molecule has 1 N–H and O–H groups in total. The largest absolute Gasteiger partial charge is 0.360 e. The lowest BCUT2D eigenvalue weighted by atomic mass is 10.2. The van der Waals surface area contributed by atoms with Gasteiger partial charge in [-0.3, -0.25) is 14.5 Å². The highest BCUT2D eigenvalue weighted by Crippen LogP contribution is 2.13. The minimum atomic E-state index is -0.134. The van der Waals surface area contributed by atoms with Crippen LogP contribution < -0.4 is 5.32 Å². The van der Waals surface area contributed by atoms with Crippen molar-refractivity contribution in [3.63, 3.8) is 0 Å². The first kappa shape index (κ1) is 17.9. The molecule has 0 aliphatic carbocycles. The Kier molecular flexibility index (Phi) is 5.69. The number of carbonyl (C=O) groups is 2. The molecule has 0 saturated carbocycles. The van der Waals surface area contributed by atoms with E-state index in [1.165, 1.54) is 0 Å². The molecular formula is C17H19IN4O3. The van der Waals surface area contributed by atoms with Crippen LogP contribution in [0.4, 0.5) is 5.82 Å². The van der Waals surface area contributed by atoms with Crippen molar-refractivity contribution in [2.75, 3.05) is 38.0 Å². The van der Waals surface area contributed by atoms with Gasteiger partial charge in [0.05, 0.1) is 6.54 Å². The summed E-state index contributed by atoms with van der Waals surface area (Å²) in [4.78, 5) is 28.4. The molecule has 1 saturated heterocycles. The fourth-order valence-electron chi connectivity index (χ4n) is 2.72. The summed E-state index contributed by atoms with van der Waals surface area (Å²) in [6.07, 6.45) is 0. The van der Waals surface area contributed by atoms with Gasteiger partial charge in [0, 0.05) is 41.4 Å². The predicted molar refractivity (Wildman–Crippen MR) is 101 cm³/mol. The Morgan fingerprint density at radius 2 is 2.00 bits per heavy atom. The number of hydrogen-bond donors (Lipinski definition) is 1. The van der Waals surface area contributed by atoms with Crippen LogP contribution in [0.25, 0.3) is 0 Å². The van der Waals surface area contributed by atoms with E-state index < -0.39 is 0 Å². The van der Waals surface area contributed by atoms with Crippen LogP contribution in [-0.4, -0.2) is 59.5 Å². The molecule has 132 valence electrons. The third-order valence-corrected chi connectivity index (χ3v) is 4.66. The van der Waals surface area contributed by atoms with Gasteiger partial charge in [0.25, 0.3) is 5.91 Å². The maximum absolute atomic E-state index is 12.5. The molecule has 0 radical (unpaired) electrons. The van der Waals surface area contributed by atoms with Crippen molar-refractivity contribution >= 4 is 40.2 Å². The number of anilines is 1. The molecule has 25 heavy (non-hydrogen) atoms. The smallest absolute Gasteiger partial charge is 0.253 e. The van der Waals surface area contributed by atoms with Crippen molar-refractivity contribution in [2.45, 2.75) is 6.92 Å². The number of nitrogens with zero attached hydrogens (tertiary/aromatic N) is 3. The second-order valence-corrected chi connectivity index (χ2v) is 7.20. The lowest BCUT2D eigenvalue weighted by Gasteiger charge is -2.34. The quantitative estimate of drug-likeness (QED) is 0.716. The Bertz CT molecular complexity index is 769. The Labute approximate surface area is 159 Å². The first-order chi connectivity index (χ1) is 12.0. The number of hydrogen-bond acceptors (Lipinski definition) is 5. The zero-order valence-corrected chi connectivity index (χ0v) is 16.0. The van der Waals surface area contributed by atoms with Gasteiger partial charge in [-0.25, -0.2) is 0 Å². The number of nitrogens with one attached hydrogen (secondary N) is 1. The van der Waals surface area contributed by atoms with Crippen molar-refractivity contribution in [1.82, 2.24) is 15.0 Å². The molecule has 1 aliphatic heterocycles. The molecule has 7 nitrogen and oxygen atoms in total. The van der Waals surface area contributed by atoms with E-state index in [9.17, 15) is 9.59 Å². The van der Waals surface area contributed by atoms with Gasteiger partial charge >= 0.3 is 0 Å². The zero-order chi connectivity index (χ0) is 17.8. The van der Waals surface area contributed by atoms with Gasteiger partial charge in [-0.2, -0.15) is 0 Å². The molecule has 0 unspecified atom stereocenters. The van der Waals surface area contributed by atoms with Crippen LogP contribution in [0.15, 0.2) is 34.9 Å². The van der Waals surface area contributed by atoms with E-state index in [-0.39, 0.29) is 18.4 Å². The number of halogens is 1. The summed E-state index contributed by atoms with van der Waals surface area (Å²) in [5.41, 5.74) is 0.708. The second kappa shape index (κ2) is 7.96. The van der Waals surface area contributed by atoms with E-state index in [0.29, 0.717) is 43.3 Å². The number of aryl methyl sites for hydroxylation is 1. The average Bonchev–Trinajstić information content (AvgIpc) is 2.99. The molecule has 3 rings (SSSR count). The summed E-state index contributed by atoms with van der Waals surface area (Å²) in [5, 5.41) is 6.46. The summed E-state index contributed by atoms with van der Waals surface area (Å²) >= 11 is 2.20. The summed E-state index contributed by atoms with van der Waals surface area (Å²) in [6, 6.07) is 9.26. The van der Waals surface area contributed by atoms with Gasteiger partial charge in [0.15, 0.2) is 5.82 Å². The molecule has 8 heteroatoms. The lowest BCUT2D eigenvalue weighted by molar-refractivity contribution is -0.117. The van der Waals surface area contributed by atoms with Crippen molar-refractivity contribution in [2.24, 2.45) is 0 Å².